The zero-order valence-electron chi connectivity index (χ0n) is 15.1. The molecule has 0 aliphatic heterocycles. The van der Waals surface area contributed by atoms with Crippen molar-refractivity contribution in [3.63, 3.8) is 0 Å². The van der Waals surface area contributed by atoms with Crippen molar-refractivity contribution in [2.24, 2.45) is 0 Å². The van der Waals surface area contributed by atoms with Crippen molar-refractivity contribution < 1.29 is 0 Å². The summed E-state index contributed by atoms with van der Waals surface area (Å²) in [4.78, 5) is 18.4. The Bertz CT molecular complexity index is 1240. The molecular formula is C22H17N3OS. The number of hydrogen-bond donors (Lipinski definition) is 0. The second-order valence-electron chi connectivity index (χ2n) is 6.61. The fraction of sp³-hybridized carbons (Fsp3) is 0.136. The van der Waals surface area contributed by atoms with Gasteiger partial charge in [-0.25, -0.2) is 4.98 Å². The molecule has 0 saturated carbocycles. The summed E-state index contributed by atoms with van der Waals surface area (Å²) in [6.45, 7) is 4.58. The first-order valence-corrected chi connectivity index (χ1v) is 9.48. The standard InChI is InChI=1S/C22H17N3OS/c1-14-3-8-18(9-15(14)2)19-12-27-21-20(19)22(26)25(13-24-21)11-17-6-4-16(10-23)5-7-17/h3-9,12-13H,11H2,1-2H3. The maximum absolute atomic E-state index is 13.1. The third kappa shape index (κ3) is 3.16. The maximum atomic E-state index is 13.1. The molecule has 0 saturated heterocycles. The largest absolute Gasteiger partial charge is 0.294 e. The molecule has 0 unspecified atom stereocenters. The average molecular weight is 371 g/mol. The highest BCUT2D eigenvalue weighted by atomic mass is 32.1. The molecule has 2 aromatic heterocycles. The SMILES string of the molecule is Cc1ccc(-c2csc3ncn(Cc4ccc(C#N)cc4)c(=O)c23)cc1C. The van der Waals surface area contributed by atoms with Crippen LogP contribution in [0.25, 0.3) is 21.3 Å². The van der Waals surface area contributed by atoms with Crippen molar-refractivity contribution in [3.05, 3.63) is 86.8 Å². The van der Waals surface area contributed by atoms with Crippen LogP contribution in [-0.2, 0) is 6.54 Å². The minimum atomic E-state index is -0.0427. The molecule has 4 aromatic rings. The summed E-state index contributed by atoms with van der Waals surface area (Å²) in [5.74, 6) is 0. The molecule has 4 nitrogen and oxygen atoms in total. The minimum Gasteiger partial charge on any atom is -0.294 e. The van der Waals surface area contributed by atoms with Crippen LogP contribution < -0.4 is 5.56 Å². The molecule has 0 amide bonds. The summed E-state index contributed by atoms with van der Waals surface area (Å²) >= 11 is 1.49. The van der Waals surface area contributed by atoms with Gasteiger partial charge in [0.2, 0.25) is 0 Å². The predicted octanol–water partition coefficient (Wildman–Crippen LogP) is 4.66. The van der Waals surface area contributed by atoms with Gasteiger partial charge in [0.15, 0.2) is 0 Å². The number of rotatable bonds is 3. The van der Waals surface area contributed by atoms with Crippen LogP contribution in [0.4, 0.5) is 0 Å². The Morgan fingerprint density at radius 2 is 1.89 bits per heavy atom. The van der Waals surface area contributed by atoms with Gasteiger partial charge in [-0.05, 0) is 48.2 Å². The zero-order valence-corrected chi connectivity index (χ0v) is 15.9. The molecule has 27 heavy (non-hydrogen) atoms. The first-order valence-electron chi connectivity index (χ1n) is 8.60. The summed E-state index contributed by atoms with van der Waals surface area (Å²) in [6.07, 6.45) is 1.60. The molecule has 0 aliphatic rings. The molecular weight excluding hydrogens is 354 g/mol. The number of thiophene rings is 1. The van der Waals surface area contributed by atoms with E-state index in [-0.39, 0.29) is 5.56 Å². The van der Waals surface area contributed by atoms with Crippen LogP contribution >= 0.6 is 11.3 Å². The van der Waals surface area contributed by atoms with Crippen LogP contribution in [0.15, 0.2) is 59.0 Å². The zero-order chi connectivity index (χ0) is 19.0. The molecule has 2 aromatic carbocycles. The summed E-state index contributed by atoms with van der Waals surface area (Å²) < 4.78 is 1.63. The van der Waals surface area contributed by atoms with Crippen molar-refractivity contribution >= 4 is 21.6 Å². The molecule has 132 valence electrons. The highest BCUT2D eigenvalue weighted by Gasteiger charge is 2.14. The van der Waals surface area contributed by atoms with Gasteiger partial charge in [-0.1, -0.05) is 30.3 Å². The van der Waals surface area contributed by atoms with Crippen molar-refractivity contribution in [2.45, 2.75) is 20.4 Å². The Labute approximate surface area is 161 Å². The summed E-state index contributed by atoms with van der Waals surface area (Å²) in [5.41, 5.74) is 5.93. The number of benzene rings is 2. The van der Waals surface area contributed by atoms with Crippen molar-refractivity contribution in [1.82, 2.24) is 9.55 Å². The molecule has 0 fully saturated rings. The lowest BCUT2D eigenvalue weighted by Crippen LogP contribution is -2.20. The van der Waals surface area contributed by atoms with Gasteiger partial charge in [0, 0.05) is 10.9 Å². The lowest BCUT2D eigenvalue weighted by Gasteiger charge is -2.07. The second-order valence-corrected chi connectivity index (χ2v) is 7.47. The number of aromatic nitrogens is 2. The van der Waals surface area contributed by atoms with Gasteiger partial charge >= 0.3 is 0 Å². The smallest absolute Gasteiger partial charge is 0.263 e. The van der Waals surface area contributed by atoms with E-state index in [1.807, 2.05) is 17.5 Å². The van der Waals surface area contributed by atoms with E-state index in [2.05, 4.69) is 43.1 Å². The van der Waals surface area contributed by atoms with Gasteiger partial charge in [0.05, 0.1) is 29.9 Å². The van der Waals surface area contributed by atoms with Crippen LogP contribution in [0.3, 0.4) is 0 Å². The van der Waals surface area contributed by atoms with Crippen LogP contribution in [0.5, 0.6) is 0 Å². The second kappa shape index (κ2) is 6.82. The minimum absolute atomic E-state index is 0.0427. The van der Waals surface area contributed by atoms with Gasteiger partial charge in [-0.3, -0.25) is 9.36 Å². The molecule has 5 heteroatoms. The van der Waals surface area contributed by atoms with E-state index in [0.29, 0.717) is 17.5 Å². The Hall–Kier alpha value is -3.23. The van der Waals surface area contributed by atoms with Crippen molar-refractivity contribution in [2.75, 3.05) is 0 Å². The topological polar surface area (TPSA) is 58.7 Å². The lowest BCUT2D eigenvalue weighted by atomic mass is 10.0. The van der Waals surface area contributed by atoms with Crippen molar-refractivity contribution in [3.8, 4) is 17.2 Å². The van der Waals surface area contributed by atoms with Gasteiger partial charge in [0.25, 0.3) is 5.56 Å². The Balaban J connectivity index is 1.80. The van der Waals surface area contributed by atoms with E-state index in [9.17, 15) is 4.79 Å². The molecule has 0 radical (unpaired) electrons. The van der Waals surface area contributed by atoms with E-state index in [1.165, 1.54) is 22.5 Å². The summed E-state index contributed by atoms with van der Waals surface area (Å²) in [6, 6.07) is 15.6. The van der Waals surface area contributed by atoms with Crippen LogP contribution in [-0.4, -0.2) is 9.55 Å². The first-order chi connectivity index (χ1) is 13.1. The Morgan fingerprint density at radius 1 is 1.11 bits per heavy atom. The van der Waals surface area contributed by atoms with E-state index < -0.39 is 0 Å². The normalized spacial score (nSPS) is 10.9. The number of fused-ring (bicyclic) bond motifs is 1. The third-order valence-corrected chi connectivity index (χ3v) is 5.70. The Morgan fingerprint density at radius 3 is 2.59 bits per heavy atom. The monoisotopic (exact) mass is 371 g/mol. The number of hydrogen-bond acceptors (Lipinski definition) is 4. The van der Waals surface area contributed by atoms with E-state index in [4.69, 9.17) is 5.26 Å². The highest BCUT2D eigenvalue weighted by Crippen LogP contribution is 2.31. The number of nitriles is 1. The fourth-order valence-corrected chi connectivity index (χ4v) is 3.99. The molecule has 2 heterocycles. The quantitative estimate of drug-likeness (QED) is 0.526. The highest BCUT2D eigenvalue weighted by molar-refractivity contribution is 7.17. The van der Waals surface area contributed by atoms with E-state index in [0.717, 1.165) is 21.5 Å². The van der Waals surface area contributed by atoms with E-state index >= 15 is 0 Å². The van der Waals surface area contributed by atoms with Crippen LogP contribution in [0, 0.1) is 25.2 Å². The molecule has 0 N–H and O–H groups in total. The van der Waals surface area contributed by atoms with Crippen LogP contribution in [0.1, 0.15) is 22.3 Å². The van der Waals surface area contributed by atoms with Gasteiger partial charge < -0.3 is 0 Å². The van der Waals surface area contributed by atoms with E-state index in [1.54, 1.807) is 23.0 Å². The predicted molar refractivity (Wildman–Crippen MR) is 109 cm³/mol. The number of aryl methyl sites for hydroxylation is 2. The average Bonchev–Trinajstić information content (AvgIpc) is 3.12. The lowest BCUT2D eigenvalue weighted by molar-refractivity contribution is 0.749. The van der Waals surface area contributed by atoms with Gasteiger partial charge in [-0.15, -0.1) is 11.3 Å². The maximum Gasteiger partial charge on any atom is 0.263 e. The molecule has 0 atom stereocenters. The number of nitrogens with zero attached hydrogens (tertiary/aromatic N) is 3. The van der Waals surface area contributed by atoms with Gasteiger partial charge in [0.1, 0.15) is 4.83 Å². The molecule has 0 spiro atoms. The van der Waals surface area contributed by atoms with Crippen LogP contribution in [0.2, 0.25) is 0 Å². The Kier molecular flexibility index (Phi) is 4.35. The summed E-state index contributed by atoms with van der Waals surface area (Å²) in [7, 11) is 0. The first kappa shape index (κ1) is 17.2. The molecule has 4 rings (SSSR count). The molecule has 0 aliphatic carbocycles. The summed E-state index contributed by atoms with van der Waals surface area (Å²) in [5, 5.41) is 11.6. The molecule has 0 bridgehead atoms. The third-order valence-electron chi connectivity index (χ3n) is 4.81. The van der Waals surface area contributed by atoms with Crippen molar-refractivity contribution in [1.29, 1.82) is 5.26 Å². The fourth-order valence-electron chi connectivity index (χ4n) is 3.08. The van der Waals surface area contributed by atoms with Gasteiger partial charge in [-0.2, -0.15) is 5.26 Å².